The van der Waals surface area contributed by atoms with Crippen molar-refractivity contribution in [3.63, 3.8) is 0 Å². The number of benzene rings is 1. The van der Waals surface area contributed by atoms with Crippen molar-refractivity contribution in [2.45, 2.75) is 39.0 Å². The molecule has 1 unspecified atom stereocenters. The highest BCUT2D eigenvalue weighted by molar-refractivity contribution is 6.19. The van der Waals surface area contributed by atoms with E-state index in [0.717, 1.165) is 17.7 Å². The van der Waals surface area contributed by atoms with Crippen LogP contribution in [0.5, 0.6) is 0 Å². The average Bonchev–Trinajstić information content (AvgIpc) is 3.00. The maximum atomic E-state index is 12.8. The zero-order valence-electron chi connectivity index (χ0n) is 17.1. The number of aromatic nitrogens is 2. The van der Waals surface area contributed by atoms with Gasteiger partial charge < -0.3 is 15.3 Å². The Morgan fingerprint density at radius 1 is 1.07 bits per heavy atom. The molecule has 4 rings (SSSR count). The van der Waals surface area contributed by atoms with E-state index in [1.807, 2.05) is 50.2 Å². The number of nitrogens with zero attached hydrogens (tertiary/aromatic N) is 4. The van der Waals surface area contributed by atoms with Crippen LogP contribution >= 0.6 is 0 Å². The lowest BCUT2D eigenvalue weighted by Gasteiger charge is -2.31. The van der Waals surface area contributed by atoms with Crippen LogP contribution in [0.1, 0.15) is 26.7 Å². The fourth-order valence-electron chi connectivity index (χ4n) is 3.94. The molecule has 2 amide bonds. The Labute approximate surface area is 175 Å². The van der Waals surface area contributed by atoms with E-state index in [-0.39, 0.29) is 24.4 Å². The fraction of sp³-hybridized carbons (Fsp3) is 0.364. The minimum Gasteiger partial charge on any atom is -0.372 e. The first-order valence-electron chi connectivity index (χ1n) is 10.2. The molecule has 8 nitrogen and oxygen atoms in total. The van der Waals surface area contributed by atoms with Gasteiger partial charge in [-0.15, -0.1) is 10.2 Å². The molecule has 1 aromatic heterocycles. The van der Waals surface area contributed by atoms with Crippen molar-refractivity contribution in [2.75, 3.05) is 18.4 Å². The van der Waals surface area contributed by atoms with E-state index in [0.29, 0.717) is 30.1 Å². The minimum atomic E-state index is -0.968. The predicted octanol–water partition coefficient (Wildman–Crippen LogP) is 2.00. The van der Waals surface area contributed by atoms with Crippen LogP contribution in [0.3, 0.4) is 0 Å². The molecule has 0 radical (unpaired) electrons. The Bertz CT molecular complexity index is 972. The largest absolute Gasteiger partial charge is 0.372 e. The number of carbonyl (C=O) groups excluding carboxylic acids is 2. The molecule has 0 fully saturated rings. The third-order valence-corrected chi connectivity index (χ3v) is 5.31. The molecular weight excluding hydrogens is 382 g/mol. The molecule has 2 N–H and O–H groups in total. The molecular formula is C22H25N5O3. The summed E-state index contributed by atoms with van der Waals surface area (Å²) in [7, 11) is 0. The molecule has 8 heteroatoms. The summed E-state index contributed by atoms with van der Waals surface area (Å²) in [5, 5.41) is 21.8. The second-order valence-corrected chi connectivity index (χ2v) is 7.78. The Hall–Kier alpha value is -3.26. The second-order valence-electron chi connectivity index (χ2n) is 7.78. The quantitative estimate of drug-likeness (QED) is 0.558. The molecule has 1 aromatic carbocycles. The van der Waals surface area contributed by atoms with Crippen molar-refractivity contribution in [3.8, 4) is 11.3 Å². The van der Waals surface area contributed by atoms with E-state index >= 15 is 0 Å². The molecule has 0 saturated heterocycles. The van der Waals surface area contributed by atoms with Gasteiger partial charge in [0, 0.05) is 23.7 Å². The van der Waals surface area contributed by atoms with Crippen LogP contribution < -0.4 is 5.32 Å². The first kappa shape index (κ1) is 20.0. The summed E-state index contributed by atoms with van der Waals surface area (Å²) < 4.78 is 0. The Kier molecular flexibility index (Phi) is 5.50. The molecule has 0 bridgehead atoms. The maximum absolute atomic E-state index is 12.8. The molecule has 1 atom stereocenters. The standard InChI is InChI=1S/C22H25N5O3/c1-14(2)27-21(29)16-9-6-12-26(20(16)22(27)30)13-19(28)23-18-11-10-17(24-25-18)15-7-4-3-5-8-15/h3-5,7-8,10-11,14,19,28H,6,9,12-13H2,1-2H3,(H,23,25). The van der Waals surface area contributed by atoms with Gasteiger partial charge in [0.05, 0.1) is 12.2 Å². The van der Waals surface area contributed by atoms with E-state index in [2.05, 4.69) is 15.5 Å². The number of aliphatic hydroxyl groups excluding tert-OH is 1. The zero-order valence-corrected chi connectivity index (χ0v) is 17.1. The minimum absolute atomic E-state index is 0.173. The van der Waals surface area contributed by atoms with Crippen LogP contribution in [0, 0.1) is 0 Å². The lowest BCUT2D eigenvalue weighted by Crippen LogP contribution is -2.42. The van der Waals surface area contributed by atoms with Crippen LogP contribution in [0.15, 0.2) is 53.7 Å². The van der Waals surface area contributed by atoms with Crippen molar-refractivity contribution in [2.24, 2.45) is 0 Å². The van der Waals surface area contributed by atoms with Crippen LogP contribution in [-0.4, -0.2) is 62.3 Å². The van der Waals surface area contributed by atoms with Crippen molar-refractivity contribution >= 4 is 17.6 Å². The lowest BCUT2D eigenvalue weighted by atomic mass is 10.0. The maximum Gasteiger partial charge on any atom is 0.277 e. The monoisotopic (exact) mass is 407 g/mol. The molecule has 30 heavy (non-hydrogen) atoms. The Balaban J connectivity index is 1.43. The van der Waals surface area contributed by atoms with Gasteiger partial charge in [-0.1, -0.05) is 30.3 Å². The molecule has 0 saturated carbocycles. The van der Waals surface area contributed by atoms with Crippen LogP contribution in [0.2, 0.25) is 0 Å². The van der Waals surface area contributed by atoms with Gasteiger partial charge in [0.2, 0.25) is 0 Å². The van der Waals surface area contributed by atoms with E-state index in [4.69, 9.17) is 0 Å². The van der Waals surface area contributed by atoms with Gasteiger partial charge in [-0.3, -0.25) is 14.5 Å². The van der Waals surface area contributed by atoms with Gasteiger partial charge in [-0.2, -0.15) is 0 Å². The molecule has 2 aromatic rings. The van der Waals surface area contributed by atoms with Gasteiger partial charge in [-0.25, -0.2) is 0 Å². The summed E-state index contributed by atoms with van der Waals surface area (Å²) in [5.41, 5.74) is 2.68. The zero-order chi connectivity index (χ0) is 21.3. The number of imide groups is 1. The summed E-state index contributed by atoms with van der Waals surface area (Å²) >= 11 is 0. The van der Waals surface area contributed by atoms with E-state index in [1.165, 1.54) is 4.90 Å². The molecule has 156 valence electrons. The van der Waals surface area contributed by atoms with Crippen molar-refractivity contribution < 1.29 is 14.7 Å². The number of β-amino-alcohol motifs (C(OH)–C–C–N with tert-alkyl or cyclic N) is 1. The van der Waals surface area contributed by atoms with Gasteiger partial charge in [0.1, 0.15) is 11.9 Å². The molecule has 0 spiro atoms. The summed E-state index contributed by atoms with van der Waals surface area (Å²) in [5.74, 6) is -0.0468. The van der Waals surface area contributed by atoms with E-state index in [9.17, 15) is 14.7 Å². The predicted molar refractivity (Wildman–Crippen MR) is 112 cm³/mol. The number of aliphatic hydroxyl groups is 1. The van der Waals surface area contributed by atoms with Crippen molar-refractivity contribution in [1.82, 2.24) is 20.0 Å². The topological polar surface area (TPSA) is 98.7 Å². The highest BCUT2D eigenvalue weighted by Crippen LogP contribution is 2.32. The first-order valence-corrected chi connectivity index (χ1v) is 10.2. The fourth-order valence-corrected chi connectivity index (χ4v) is 3.94. The Morgan fingerprint density at radius 3 is 2.50 bits per heavy atom. The Morgan fingerprint density at radius 2 is 1.83 bits per heavy atom. The summed E-state index contributed by atoms with van der Waals surface area (Å²) in [6.45, 7) is 4.44. The van der Waals surface area contributed by atoms with E-state index < -0.39 is 6.23 Å². The average molecular weight is 407 g/mol. The lowest BCUT2D eigenvalue weighted by molar-refractivity contribution is -0.140. The normalized spacial score (nSPS) is 17.6. The van der Waals surface area contributed by atoms with Crippen LogP contribution in [0.4, 0.5) is 5.82 Å². The number of hydrogen-bond donors (Lipinski definition) is 2. The second kappa shape index (κ2) is 8.23. The van der Waals surface area contributed by atoms with E-state index in [1.54, 1.807) is 11.0 Å². The summed E-state index contributed by atoms with van der Waals surface area (Å²) in [6.07, 6.45) is 0.391. The number of rotatable bonds is 6. The third-order valence-electron chi connectivity index (χ3n) is 5.31. The van der Waals surface area contributed by atoms with Gasteiger partial charge in [0.15, 0.2) is 5.82 Å². The number of nitrogens with one attached hydrogen (secondary N) is 1. The van der Waals surface area contributed by atoms with Crippen molar-refractivity contribution in [3.05, 3.63) is 53.7 Å². The van der Waals surface area contributed by atoms with Gasteiger partial charge in [0.25, 0.3) is 11.8 Å². The van der Waals surface area contributed by atoms with Crippen molar-refractivity contribution in [1.29, 1.82) is 0 Å². The highest BCUT2D eigenvalue weighted by Gasteiger charge is 2.43. The molecule has 2 aliphatic heterocycles. The van der Waals surface area contributed by atoms with Gasteiger partial charge in [-0.05, 0) is 38.8 Å². The number of amides is 2. The number of hydrogen-bond acceptors (Lipinski definition) is 7. The summed E-state index contributed by atoms with van der Waals surface area (Å²) in [6, 6.07) is 13.1. The third kappa shape index (κ3) is 3.78. The highest BCUT2D eigenvalue weighted by atomic mass is 16.3. The molecule has 0 aliphatic carbocycles. The number of carbonyl (C=O) groups is 2. The molecule has 3 heterocycles. The summed E-state index contributed by atoms with van der Waals surface area (Å²) in [4.78, 5) is 28.5. The van der Waals surface area contributed by atoms with Crippen LogP contribution in [0.25, 0.3) is 11.3 Å². The number of anilines is 1. The smallest absolute Gasteiger partial charge is 0.277 e. The first-order chi connectivity index (χ1) is 14.5. The SMILES string of the molecule is CC(C)N1C(=O)C2=C(C1=O)N(CC(O)Nc1ccc(-c3ccccc3)nn1)CCC2. The van der Waals surface area contributed by atoms with Crippen LogP contribution in [-0.2, 0) is 9.59 Å². The molecule has 2 aliphatic rings. The van der Waals surface area contributed by atoms with Gasteiger partial charge >= 0.3 is 0 Å².